The minimum Gasteiger partial charge on any atom is -0.462 e. The van der Waals surface area contributed by atoms with Gasteiger partial charge in [0.25, 0.3) is 0 Å². The number of carbonyl (C=O) groups excluding carboxylic acids is 1. The number of rotatable bonds is 7. The van der Waals surface area contributed by atoms with Gasteiger partial charge < -0.3 is 15.4 Å². The molecule has 1 atom stereocenters. The predicted molar refractivity (Wildman–Crippen MR) is 111 cm³/mol. The summed E-state index contributed by atoms with van der Waals surface area (Å²) in [5.41, 5.74) is 11.6. The van der Waals surface area contributed by atoms with Crippen molar-refractivity contribution >= 4 is 11.7 Å². The molecular weight excluding hydrogens is 350 g/mol. The summed E-state index contributed by atoms with van der Waals surface area (Å²) < 4.78 is 5.41. The summed E-state index contributed by atoms with van der Waals surface area (Å²) in [5.74, 6) is -0.288. The Kier molecular flexibility index (Phi) is 6.33. The number of hydrogen-bond acceptors (Lipinski definition) is 5. The van der Waals surface area contributed by atoms with Crippen LogP contribution in [-0.2, 0) is 17.6 Å². The van der Waals surface area contributed by atoms with Gasteiger partial charge in [-0.05, 0) is 62.4 Å². The Bertz CT molecular complexity index is 899. The molecule has 0 aliphatic carbocycles. The molecule has 2 aromatic rings. The van der Waals surface area contributed by atoms with Crippen LogP contribution < -0.4 is 10.6 Å². The molecule has 28 heavy (non-hydrogen) atoms. The molecular formula is C23H27N3O2. The van der Waals surface area contributed by atoms with E-state index in [1.54, 1.807) is 6.07 Å². The van der Waals surface area contributed by atoms with Gasteiger partial charge in [0.15, 0.2) is 0 Å². The van der Waals surface area contributed by atoms with Crippen LogP contribution in [-0.4, -0.2) is 31.7 Å². The molecule has 0 radical (unpaired) electrons. The molecule has 0 saturated heterocycles. The first kappa shape index (κ1) is 19.9. The van der Waals surface area contributed by atoms with E-state index in [-0.39, 0.29) is 12.0 Å². The molecule has 1 aliphatic rings. The number of carbonyl (C=O) groups is 1. The lowest BCUT2D eigenvalue weighted by atomic mass is 9.99. The number of hydrogen-bond donors (Lipinski definition) is 1. The van der Waals surface area contributed by atoms with Gasteiger partial charge in [-0.2, -0.15) is 5.26 Å². The number of nitrogens with zero attached hydrogens (tertiary/aromatic N) is 2. The quantitative estimate of drug-likeness (QED) is 0.591. The maximum Gasteiger partial charge on any atom is 0.338 e. The Labute approximate surface area is 166 Å². The monoisotopic (exact) mass is 377 g/mol. The lowest BCUT2D eigenvalue weighted by molar-refractivity contribution is 0.0502. The maximum absolute atomic E-state index is 12.1. The SMILES string of the molecule is Cc1cccc(C(=O)OCCCN2CCc3cc(C[C@@H](C)N)cc(C#N)c32)c1. The second-order valence-corrected chi connectivity index (χ2v) is 7.54. The van der Waals surface area contributed by atoms with Gasteiger partial charge in [0, 0.05) is 19.1 Å². The third-order valence-electron chi connectivity index (χ3n) is 4.95. The Morgan fingerprint density at radius 1 is 1.36 bits per heavy atom. The molecule has 1 heterocycles. The van der Waals surface area contributed by atoms with Crippen molar-refractivity contribution in [3.05, 3.63) is 64.2 Å². The van der Waals surface area contributed by atoms with E-state index < -0.39 is 0 Å². The molecule has 0 amide bonds. The zero-order valence-corrected chi connectivity index (χ0v) is 16.6. The van der Waals surface area contributed by atoms with E-state index in [1.807, 2.05) is 38.1 Å². The highest BCUT2D eigenvalue weighted by molar-refractivity contribution is 5.89. The standard InChI is InChI=1S/C23H27N3O2/c1-16-5-3-6-20(11-16)23(27)28-10-4-8-26-9-7-19-13-18(12-17(2)25)14-21(15-24)22(19)26/h3,5-6,11,13-14,17H,4,7-10,12,25H2,1-2H3/t17-/m1/s1. The highest BCUT2D eigenvalue weighted by Crippen LogP contribution is 2.33. The number of nitriles is 1. The Hall–Kier alpha value is -2.84. The van der Waals surface area contributed by atoms with Crippen LogP contribution in [0.3, 0.4) is 0 Å². The van der Waals surface area contributed by atoms with Crippen molar-refractivity contribution in [1.82, 2.24) is 0 Å². The van der Waals surface area contributed by atoms with Crippen molar-refractivity contribution in [2.75, 3.05) is 24.6 Å². The lowest BCUT2D eigenvalue weighted by Crippen LogP contribution is -2.24. The number of aryl methyl sites for hydroxylation is 1. The van der Waals surface area contributed by atoms with Crippen LogP contribution in [0.5, 0.6) is 0 Å². The van der Waals surface area contributed by atoms with Crippen molar-refractivity contribution in [1.29, 1.82) is 5.26 Å². The van der Waals surface area contributed by atoms with Crippen molar-refractivity contribution in [2.45, 2.75) is 39.2 Å². The topological polar surface area (TPSA) is 79.3 Å². The van der Waals surface area contributed by atoms with E-state index in [0.29, 0.717) is 17.7 Å². The molecule has 5 heteroatoms. The summed E-state index contributed by atoms with van der Waals surface area (Å²) in [7, 11) is 0. The van der Waals surface area contributed by atoms with Crippen LogP contribution in [0.25, 0.3) is 0 Å². The van der Waals surface area contributed by atoms with Crippen LogP contribution in [0.2, 0.25) is 0 Å². The van der Waals surface area contributed by atoms with E-state index in [2.05, 4.69) is 17.0 Å². The highest BCUT2D eigenvalue weighted by atomic mass is 16.5. The van der Waals surface area contributed by atoms with Crippen LogP contribution in [0, 0.1) is 18.3 Å². The zero-order valence-electron chi connectivity index (χ0n) is 16.6. The van der Waals surface area contributed by atoms with Gasteiger partial charge in [-0.15, -0.1) is 0 Å². The van der Waals surface area contributed by atoms with E-state index in [0.717, 1.165) is 49.2 Å². The lowest BCUT2D eigenvalue weighted by Gasteiger charge is -2.21. The zero-order chi connectivity index (χ0) is 20.1. The number of anilines is 1. The molecule has 2 aromatic carbocycles. The molecule has 3 rings (SSSR count). The Balaban J connectivity index is 1.58. The van der Waals surface area contributed by atoms with Gasteiger partial charge in [-0.1, -0.05) is 23.8 Å². The molecule has 0 unspecified atom stereocenters. The summed E-state index contributed by atoms with van der Waals surface area (Å²) in [5, 5.41) is 9.59. The molecule has 0 bridgehead atoms. The fourth-order valence-corrected chi connectivity index (χ4v) is 3.77. The minimum atomic E-state index is -0.288. The minimum absolute atomic E-state index is 0.0742. The van der Waals surface area contributed by atoms with Crippen LogP contribution >= 0.6 is 0 Å². The predicted octanol–water partition coefficient (Wildman–Crippen LogP) is 3.37. The second-order valence-electron chi connectivity index (χ2n) is 7.54. The smallest absolute Gasteiger partial charge is 0.338 e. The summed E-state index contributed by atoms with van der Waals surface area (Å²) in [6.45, 7) is 5.94. The third kappa shape index (κ3) is 4.71. The van der Waals surface area contributed by atoms with Crippen LogP contribution in [0.15, 0.2) is 36.4 Å². The molecule has 5 nitrogen and oxygen atoms in total. The average Bonchev–Trinajstić information content (AvgIpc) is 3.07. The van der Waals surface area contributed by atoms with E-state index in [1.165, 1.54) is 5.56 Å². The largest absolute Gasteiger partial charge is 0.462 e. The van der Waals surface area contributed by atoms with Gasteiger partial charge in [-0.3, -0.25) is 0 Å². The summed E-state index contributed by atoms with van der Waals surface area (Å²) in [6.07, 6.45) is 2.43. The van der Waals surface area contributed by atoms with Gasteiger partial charge in [0.1, 0.15) is 6.07 Å². The molecule has 1 aliphatic heterocycles. The third-order valence-corrected chi connectivity index (χ3v) is 4.95. The second kappa shape index (κ2) is 8.90. The molecule has 0 aromatic heterocycles. The van der Waals surface area contributed by atoms with Gasteiger partial charge in [0.05, 0.1) is 23.4 Å². The first-order valence-corrected chi connectivity index (χ1v) is 9.78. The van der Waals surface area contributed by atoms with Crippen molar-refractivity contribution in [3.63, 3.8) is 0 Å². The number of nitrogens with two attached hydrogens (primary N) is 1. The van der Waals surface area contributed by atoms with E-state index in [9.17, 15) is 10.1 Å². The number of fused-ring (bicyclic) bond motifs is 1. The molecule has 146 valence electrons. The highest BCUT2D eigenvalue weighted by Gasteiger charge is 2.23. The summed E-state index contributed by atoms with van der Waals surface area (Å²) in [6, 6.07) is 14.0. The molecule has 0 fully saturated rings. The Morgan fingerprint density at radius 2 is 2.18 bits per heavy atom. The number of ether oxygens (including phenoxy) is 1. The van der Waals surface area contributed by atoms with E-state index >= 15 is 0 Å². The number of esters is 1. The van der Waals surface area contributed by atoms with Gasteiger partial charge in [0.2, 0.25) is 0 Å². The molecule has 0 saturated carbocycles. The van der Waals surface area contributed by atoms with E-state index in [4.69, 9.17) is 10.5 Å². The average molecular weight is 377 g/mol. The van der Waals surface area contributed by atoms with Crippen molar-refractivity contribution in [3.8, 4) is 6.07 Å². The Morgan fingerprint density at radius 3 is 2.89 bits per heavy atom. The molecule has 2 N–H and O–H groups in total. The summed E-state index contributed by atoms with van der Waals surface area (Å²) in [4.78, 5) is 14.4. The van der Waals surface area contributed by atoms with Crippen LogP contribution in [0.4, 0.5) is 5.69 Å². The normalized spacial score (nSPS) is 13.7. The van der Waals surface area contributed by atoms with Gasteiger partial charge >= 0.3 is 5.97 Å². The van der Waals surface area contributed by atoms with Crippen molar-refractivity contribution in [2.24, 2.45) is 5.73 Å². The first-order chi connectivity index (χ1) is 13.5. The van der Waals surface area contributed by atoms with Crippen LogP contribution in [0.1, 0.15) is 46.0 Å². The van der Waals surface area contributed by atoms with Crippen molar-refractivity contribution < 1.29 is 9.53 Å². The fourth-order valence-electron chi connectivity index (χ4n) is 3.77. The van der Waals surface area contributed by atoms with Gasteiger partial charge in [-0.25, -0.2) is 4.79 Å². The maximum atomic E-state index is 12.1. The molecule has 0 spiro atoms. The first-order valence-electron chi connectivity index (χ1n) is 9.78. The fraction of sp³-hybridized carbons (Fsp3) is 0.391. The number of benzene rings is 2. The summed E-state index contributed by atoms with van der Waals surface area (Å²) >= 11 is 0.